The molecule has 1 heterocycles. The number of carbonyl (C=O) groups excluding carboxylic acids is 1. The Kier molecular flexibility index (Phi) is 9.13. The summed E-state index contributed by atoms with van der Waals surface area (Å²) >= 11 is 12.6. The van der Waals surface area contributed by atoms with Crippen molar-refractivity contribution in [2.45, 2.75) is 62.1 Å². The minimum absolute atomic E-state index is 0.00274. The number of nitrogens with zero attached hydrogens (tertiary/aromatic N) is 2. The molecule has 1 N–H and O–H groups in total. The molecule has 1 saturated heterocycles. The molecule has 3 aromatic carbocycles. The molecular formula is C31H32Cl2N2O6S. The fourth-order valence-electron chi connectivity index (χ4n) is 5.50. The van der Waals surface area contributed by atoms with E-state index in [1.807, 2.05) is 19.1 Å². The van der Waals surface area contributed by atoms with Crippen LogP contribution >= 0.6 is 23.2 Å². The number of benzene rings is 3. The Morgan fingerprint density at radius 1 is 1.00 bits per heavy atom. The highest BCUT2D eigenvalue weighted by Gasteiger charge is 2.49. The van der Waals surface area contributed by atoms with E-state index in [1.165, 1.54) is 4.31 Å². The van der Waals surface area contributed by atoms with Crippen molar-refractivity contribution in [3.63, 3.8) is 0 Å². The first-order valence-electron chi connectivity index (χ1n) is 13.9. The van der Waals surface area contributed by atoms with E-state index in [2.05, 4.69) is 0 Å². The molecule has 1 saturated carbocycles. The van der Waals surface area contributed by atoms with Gasteiger partial charge in [0.25, 0.3) is 5.91 Å². The Bertz CT molecular complexity index is 1530. The molecule has 0 aromatic heterocycles. The zero-order valence-corrected chi connectivity index (χ0v) is 25.3. The van der Waals surface area contributed by atoms with Gasteiger partial charge in [-0.15, -0.1) is 0 Å². The van der Waals surface area contributed by atoms with Crippen LogP contribution in [0, 0.1) is 0 Å². The average Bonchev–Trinajstić information content (AvgIpc) is 3.82. The summed E-state index contributed by atoms with van der Waals surface area (Å²) < 4.78 is 35.1. The first-order chi connectivity index (χ1) is 20.1. The standard InChI is InChI=1S/C31H32Cl2N2O6S/c1-2-24(19-34(25-9-4-3-5-10-25)42(39,40)26-15-16-26)35-29(20-11-13-22(32)14-12-20)30(21-7-6-8-23(33)17-21)41-27(31(35)38)18-28(36)37/h3-14,17,24,26-27,29-30H,2,15-16,18-19H2,1H3,(H,36,37)/t24-,27+,29-,30+/m0/s1. The lowest BCUT2D eigenvalue weighted by Gasteiger charge is -2.48. The van der Waals surface area contributed by atoms with E-state index in [9.17, 15) is 23.1 Å². The molecule has 11 heteroatoms. The second kappa shape index (κ2) is 12.6. The van der Waals surface area contributed by atoms with Crippen LogP contribution in [-0.2, 0) is 24.3 Å². The number of para-hydroxylation sites is 1. The maximum absolute atomic E-state index is 14.2. The van der Waals surface area contributed by atoms with Gasteiger partial charge >= 0.3 is 5.97 Å². The van der Waals surface area contributed by atoms with Gasteiger partial charge in [0.15, 0.2) is 0 Å². The summed E-state index contributed by atoms with van der Waals surface area (Å²) in [6.07, 6.45) is -1.03. The van der Waals surface area contributed by atoms with Crippen LogP contribution in [0.15, 0.2) is 78.9 Å². The largest absolute Gasteiger partial charge is 0.481 e. The molecule has 2 aliphatic rings. The number of anilines is 1. The van der Waals surface area contributed by atoms with Crippen molar-refractivity contribution >= 4 is 50.8 Å². The summed E-state index contributed by atoms with van der Waals surface area (Å²) in [6, 6.07) is 21.6. The third kappa shape index (κ3) is 6.44. The number of hydrogen-bond acceptors (Lipinski definition) is 5. The van der Waals surface area contributed by atoms with Gasteiger partial charge in [-0.05, 0) is 66.8 Å². The fourth-order valence-corrected chi connectivity index (χ4v) is 7.71. The molecule has 0 unspecified atom stereocenters. The summed E-state index contributed by atoms with van der Waals surface area (Å²) in [5, 5.41) is 10.2. The summed E-state index contributed by atoms with van der Waals surface area (Å²) in [7, 11) is -3.70. The van der Waals surface area contributed by atoms with Gasteiger partial charge in [-0.25, -0.2) is 8.42 Å². The summed E-state index contributed by atoms with van der Waals surface area (Å²) in [5.41, 5.74) is 1.89. The lowest BCUT2D eigenvalue weighted by molar-refractivity contribution is -0.183. The van der Waals surface area contributed by atoms with Crippen LogP contribution in [0.2, 0.25) is 10.0 Å². The fraction of sp³-hybridized carbons (Fsp3) is 0.355. The van der Waals surface area contributed by atoms with Crippen LogP contribution in [0.3, 0.4) is 0 Å². The highest BCUT2D eigenvalue weighted by atomic mass is 35.5. The predicted octanol–water partition coefficient (Wildman–Crippen LogP) is 6.26. The molecule has 0 spiro atoms. The monoisotopic (exact) mass is 630 g/mol. The number of carbonyl (C=O) groups is 2. The molecule has 3 aromatic rings. The molecule has 1 amide bonds. The second-order valence-corrected chi connectivity index (χ2v) is 13.6. The number of carboxylic acid groups (broad SMARTS) is 1. The van der Waals surface area contributed by atoms with Crippen LogP contribution in [0.4, 0.5) is 5.69 Å². The van der Waals surface area contributed by atoms with E-state index in [-0.39, 0.29) is 6.54 Å². The third-order valence-corrected chi connectivity index (χ3v) is 10.5. The number of sulfonamides is 1. The topological polar surface area (TPSA) is 104 Å². The third-order valence-electron chi connectivity index (χ3n) is 7.71. The van der Waals surface area contributed by atoms with Crippen LogP contribution in [0.1, 0.15) is 55.9 Å². The number of hydrogen-bond donors (Lipinski definition) is 1. The van der Waals surface area contributed by atoms with Crippen molar-refractivity contribution in [1.29, 1.82) is 0 Å². The smallest absolute Gasteiger partial charge is 0.306 e. The minimum Gasteiger partial charge on any atom is -0.481 e. The van der Waals surface area contributed by atoms with Gasteiger partial charge in [0, 0.05) is 10.0 Å². The molecule has 42 heavy (non-hydrogen) atoms. The van der Waals surface area contributed by atoms with Crippen LogP contribution in [-0.4, -0.2) is 54.2 Å². The van der Waals surface area contributed by atoms with Crippen molar-refractivity contribution in [3.8, 4) is 0 Å². The second-order valence-electron chi connectivity index (χ2n) is 10.6. The number of rotatable bonds is 11. The summed E-state index contributed by atoms with van der Waals surface area (Å²) in [4.78, 5) is 27.7. The number of ether oxygens (including phenoxy) is 1. The molecule has 2 fully saturated rings. The van der Waals surface area contributed by atoms with E-state index >= 15 is 0 Å². The Labute approximate surface area is 255 Å². The van der Waals surface area contributed by atoms with E-state index in [0.29, 0.717) is 46.1 Å². The molecular weight excluding hydrogens is 599 g/mol. The molecule has 0 radical (unpaired) electrons. The average molecular weight is 632 g/mol. The molecule has 0 bridgehead atoms. The normalized spacial score (nSPS) is 21.6. The molecule has 1 aliphatic heterocycles. The molecule has 1 aliphatic carbocycles. The maximum Gasteiger partial charge on any atom is 0.306 e. The van der Waals surface area contributed by atoms with Crippen molar-refractivity contribution < 1.29 is 27.9 Å². The lowest BCUT2D eigenvalue weighted by atomic mass is 9.89. The van der Waals surface area contributed by atoms with Crippen molar-refractivity contribution in [1.82, 2.24) is 4.90 Å². The lowest BCUT2D eigenvalue weighted by Crippen LogP contribution is -2.58. The van der Waals surface area contributed by atoms with Gasteiger partial charge in [-0.2, -0.15) is 0 Å². The molecule has 4 atom stereocenters. The van der Waals surface area contributed by atoms with Gasteiger partial charge in [0.05, 0.1) is 36.0 Å². The van der Waals surface area contributed by atoms with Crippen molar-refractivity contribution in [2.24, 2.45) is 0 Å². The SMILES string of the molecule is CC[C@@H](CN(c1ccccc1)S(=O)(=O)C1CC1)N1C(=O)[C@@H](CC(=O)O)O[C@H](c2cccc(Cl)c2)[C@@H]1c1ccc(Cl)cc1. The Morgan fingerprint density at radius 2 is 1.69 bits per heavy atom. The van der Waals surface area contributed by atoms with E-state index in [0.717, 1.165) is 0 Å². The highest BCUT2D eigenvalue weighted by molar-refractivity contribution is 7.93. The molecule has 222 valence electrons. The quantitative estimate of drug-likeness (QED) is 0.268. The minimum atomic E-state index is -3.70. The zero-order valence-electron chi connectivity index (χ0n) is 23.0. The van der Waals surface area contributed by atoms with Crippen molar-refractivity contribution in [3.05, 3.63) is 100 Å². The number of morpholine rings is 1. The molecule has 5 rings (SSSR count). The van der Waals surface area contributed by atoms with Gasteiger partial charge in [-0.3, -0.25) is 13.9 Å². The number of aliphatic carboxylic acids is 1. The number of carboxylic acids is 1. The van der Waals surface area contributed by atoms with Gasteiger partial charge in [-0.1, -0.05) is 72.6 Å². The first kappa shape index (κ1) is 30.4. The first-order valence-corrected chi connectivity index (χ1v) is 16.1. The predicted molar refractivity (Wildman–Crippen MR) is 162 cm³/mol. The highest BCUT2D eigenvalue weighted by Crippen LogP contribution is 2.45. The number of amides is 1. The Morgan fingerprint density at radius 3 is 2.29 bits per heavy atom. The van der Waals surface area contributed by atoms with E-state index < -0.39 is 57.9 Å². The zero-order chi connectivity index (χ0) is 30.0. The van der Waals surface area contributed by atoms with Gasteiger partial charge < -0.3 is 14.7 Å². The Balaban J connectivity index is 1.64. The van der Waals surface area contributed by atoms with E-state index in [1.54, 1.807) is 71.6 Å². The van der Waals surface area contributed by atoms with Gasteiger partial charge in [0.2, 0.25) is 10.0 Å². The molecule has 8 nitrogen and oxygen atoms in total. The Hall–Kier alpha value is -3.11. The van der Waals surface area contributed by atoms with Gasteiger partial charge in [0.1, 0.15) is 12.2 Å². The summed E-state index contributed by atoms with van der Waals surface area (Å²) in [5.74, 6) is -1.70. The van der Waals surface area contributed by atoms with Crippen molar-refractivity contribution in [2.75, 3.05) is 10.8 Å². The van der Waals surface area contributed by atoms with E-state index in [4.69, 9.17) is 27.9 Å². The summed E-state index contributed by atoms with van der Waals surface area (Å²) in [6.45, 7) is 1.89. The van der Waals surface area contributed by atoms with Crippen LogP contribution in [0.25, 0.3) is 0 Å². The number of halogens is 2. The van der Waals surface area contributed by atoms with Crippen LogP contribution in [0.5, 0.6) is 0 Å². The maximum atomic E-state index is 14.2. The van der Waals surface area contributed by atoms with Crippen LogP contribution < -0.4 is 4.31 Å².